The smallest absolute Gasteiger partial charge is 0.174 e. The van der Waals surface area contributed by atoms with Crippen molar-refractivity contribution in [2.75, 3.05) is 6.61 Å². The Bertz CT molecular complexity index is 654. The third kappa shape index (κ3) is 4.83. The number of benzene rings is 1. The first-order valence-corrected chi connectivity index (χ1v) is 10.6. The van der Waals surface area contributed by atoms with E-state index in [4.69, 9.17) is 10.00 Å². The van der Waals surface area contributed by atoms with Crippen molar-refractivity contribution in [3.63, 3.8) is 0 Å². The number of hydrogen-bond acceptors (Lipinski definition) is 4. The molecule has 1 aromatic rings. The molecule has 4 nitrogen and oxygen atoms in total. The number of hydrogen-bond donors (Lipinski definition) is 2. The maximum atomic E-state index is 10.7. The van der Waals surface area contributed by atoms with Crippen LogP contribution in [0.4, 0.5) is 0 Å². The average Bonchev–Trinajstić information content (AvgIpc) is 2.97. The lowest BCUT2D eigenvalue weighted by Crippen LogP contribution is -2.28. The lowest BCUT2D eigenvalue weighted by Gasteiger charge is -2.32. The molecule has 5 atom stereocenters. The molecule has 3 rings (SSSR count). The first kappa shape index (κ1) is 20.2. The first-order valence-electron chi connectivity index (χ1n) is 10.6. The minimum atomic E-state index is -0.263. The van der Waals surface area contributed by atoms with Gasteiger partial charge in [-0.2, -0.15) is 5.26 Å². The Kier molecular flexibility index (Phi) is 7.15. The predicted molar refractivity (Wildman–Crippen MR) is 105 cm³/mol. The molecule has 0 bridgehead atoms. The number of unbranched alkanes of at least 4 members (excludes halogenated alkanes) is 2. The van der Waals surface area contributed by atoms with Gasteiger partial charge in [0, 0.05) is 0 Å². The van der Waals surface area contributed by atoms with Gasteiger partial charge in [-0.25, -0.2) is 0 Å². The Morgan fingerprint density at radius 3 is 2.89 bits per heavy atom. The number of aliphatic hydroxyl groups is 2. The summed E-state index contributed by atoms with van der Waals surface area (Å²) in [5, 5.41) is 29.7. The minimum absolute atomic E-state index is 0.0751. The van der Waals surface area contributed by atoms with Crippen molar-refractivity contribution in [3.05, 3.63) is 29.3 Å². The van der Waals surface area contributed by atoms with Crippen LogP contribution >= 0.6 is 0 Å². The molecule has 148 valence electrons. The predicted octanol–water partition coefficient (Wildman–Crippen LogP) is 4.02. The highest BCUT2D eigenvalue weighted by molar-refractivity contribution is 5.43. The van der Waals surface area contributed by atoms with Gasteiger partial charge < -0.3 is 14.9 Å². The van der Waals surface area contributed by atoms with Crippen LogP contribution < -0.4 is 4.74 Å². The molecule has 0 heterocycles. The van der Waals surface area contributed by atoms with Gasteiger partial charge in [-0.3, -0.25) is 0 Å². The van der Waals surface area contributed by atoms with Gasteiger partial charge in [-0.1, -0.05) is 38.3 Å². The monoisotopic (exact) mass is 371 g/mol. The van der Waals surface area contributed by atoms with Crippen molar-refractivity contribution in [1.29, 1.82) is 5.26 Å². The van der Waals surface area contributed by atoms with Crippen LogP contribution in [0.5, 0.6) is 5.75 Å². The van der Waals surface area contributed by atoms with Gasteiger partial charge in [-0.15, -0.1) is 0 Å². The van der Waals surface area contributed by atoms with Crippen molar-refractivity contribution in [1.82, 2.24) is 0 Å². The fourth-order valence-electron chi connectivity index (χ4n) is 5.21. The Morgan fingerprint density at radius 2 is 2.11 bits per heavy atom. The third-order valence-electron chi connectivity index (χ3n) is 6.61. The summed E-state index contributed by atoms with van der Waals surface area (Å²) in [5.74, 6) is 2.08. The van der Waals surface area contributed by atoms with Gasteiger partial charge in [0.1, 0.15) is 11.8 Å². The maximum Gasteiger partial charge on any atom is 0.174 e. The van der Waals surface area contributed by atoms with Gasteiger partial charge >= 0.3 is 0 Å². The van der Waals surface area contributed by atoms with Crippen molar-refractivity contribution in [2.24, 2.45) is 17.8 Å². The first-order chi connectivity index (χ1) is 13.1. The number of nitrogens with zero attached hydrogens (tertiary/aromatic N) is 1. The molecule has 2 N–H and O–H groups in total. The van der Waals surface area contributed by atoms with Gasteiger partial charge in [0.05, 0.1) is 12.2 Å². The largest absolute Gasteiger partial charge is 0.478 e. The highest BCUT2D eigenvalue weighted by Gasteiger charge is 2.44. The van der Waals surface area contributed by atoms with E-state index in [1.54, 1.807) is 0 Å². The highest BCUT2D eigenvalue weighted by atomic mass is 16.5. The van der Waals surface area contributed by atoms with Crippen LogP contribution in [0.3, 0.4) is 0 Å². The van der Waals surface area contributed by atoms with Crippen molar-refractivity contribution in [3.8, 4) is 11.8 Å². The fraction of sp³-hybridized carbons (Fsp3) is 0.696. The van der Waals surface area contributed by atoms with Crippen LogP contribution in [-0.2, 0) is 12.8 Å². The second-order valence-corrected chi connectivity index (χ2v) is 8.37. The summed E-state index contributed by atoms with van der Waals surface area (Å²) in [4.78, 5) is 0. The number of ether oxygens (including phenoxy) is 1. The van der Waals surface area contributed by atoms with E-state index in [1.807, 2.05) is 18.2 Å². The normalized spacial score (nSPS) is 27.5. The molecule has 0 spiro atoms. The molecular formula is C23H33NO3. The number of fused-ring (bicyclic) bond motifs is 2. The molecule has 0 radical (unpaired) electrons. The van der Waals surface area contributed by atoms with Crippen molar-refractivity contribution >= 4 is 0 Å². The van der Waals surface area contributed by atoms with Crippen LogP contribution in [0.2, 0.25) is 0 Å². The highest BCUT2D eigenvalue weighted by Crippen LogP contribution is 2.48. The second-order valence-electron chi connectivity index (χ2n) is 8.37. The Morgan fingerprint density at radius 1 is 1.26 bits per heavy atom. The van der Waals surface area contributed by atoms with E-state index in [-0.39, 0.29) is 24.7 Å². The Hall–Kier alpha value is -1.57. The number of rotatable bonds is 9. The quantitative estimate of drug-likeness (QED) is 0.643. The molecule has 2 aliphatic rings. The molecule has 0 saturated heterocycles. The van der Waals surface area contributed by atoms with Crippen molar-refractivity contribution in [2.45, 2.75) is 76.9 Å². The van der Waals surface area contributed by atoms with Gasteiger partial charge in [0.2, 0.25) is 0 Å². The molecule has 27 heavy (non-hydrogen) atoms. The summed E-state index contributed by atoms with van der Waals surface area (Å²) in [6, 6.07) is 8.16. The lowest BCUT2D eigenvalue weighted by atomic mass is 9.73. The van der Waals surface area contributed by atoms with Crippen LogP contribution in [0.25, 0.3) is 0 Å². The van der Waals surface area contributed by atoms with Crippen LogP contribution in [0.15, 0.2) is 18.2 Å². The lowest BCUT2D eigenvalue weighted by molar-refractivity contribution is 0.0869. The molecular weight excluding hydrogens is 338 g/mol. The number of nitriles is 1. The van der Waals surface area contributed by atoms with Crippen LogP contribution in [0, 0.1) is 29.1 Å². The number of aliphatic hydroxyl groups excluding tert-OH is 2. The van der Waals surface area contributed by atoms with Gasteiger partial charge in [-0.05, 0) is 73.5 Å². The van der Waals surface area contributed by atoms with E-state index in [0.717, 1.165) is 50.7 Å². The Labute approximate surface area is 163 Å². The standard InChI is InChI=1S/C23H33NO3/c1-2-3-4-7-18(25)9-10-19-20-13-16-6-5-8-23(27-12-11-24)21(16)14-17(20)15-22(19)26/h5-6,8,17-20,22,25-26H,2-4,7,9-10,12-15H2,1H3/t17-,18-,19+,20-,22+/m0/s1. The minimum Gasteiger partial charge on any atom is -0.478 e. The maximum absolute atomic E-state index is 10.7. The molecule has 0 aliphatic heterocycles. The van der Waals surface area contributed by atoms with Crippen molar-refractivity contribution < 1.29 is 14.9 Å². The van der Waals surface area contributed by atoms with Crippen LogP contribution in [0.1, 0.15) is 63.0 Å². The van der Waals surface area contributed by atoms with Gasteiger partial charge in [0.15, 0.2) is 6.61 Å². The SMILES string of the molecule is CCCCC[C@H](O)CC[C@@H]1[C@H]2Cc3cccc(OCC#N)c3C[C@H]2C[C@H]1O. The Balaban J connectivity index is 1.62. The van der Waals surface area contributed by atoms with E-state index in [0.29, 0.717) is 11.8 Å². The summed E-state index contributed by atoms with van der Waals surface area (Å²) < 4.78 is 5.62. The van der Waals surface area contributed by atoms with E-state index < -0.39 is 0 Å². The van der Waals surface area contributed by atoms with E-state index >= 15 is 0 Å². The van der Waals surface area contributed by atoms with E-state index in [2.05, 4.69) is 13.0 Å². The molecule has 4 heteroatoms. The summed E-state index contributed by atoms with van der Waals surface area (Å²) in [5.41, 5.74) is 2.52. The van der Waals surface area contributed by atoms with E-state index in [9.17, 15) is 10.2 Å². The van der Waals surface area contributed by atoms with E-state index in [1.165, 1.54) is 24.0 Å². The van der Waals surface area contributed by atoms with Gasteiger partial charge in [0.25, 0.3) is 0 Å². The molecule has 2 aliphatic carbocycles. The molecule has 0 aromatic heterocycles. The summed E-state index contributed by atoms with van der Waals surface area (Å²) in [7, 11) is 0. The average molecular weight is 372 g/mol. The summed E-state index contributed by atoms with van der Waals surface area (Å²) in [6.45, 7) is 2.25. The molecule has 1 aromatic carbocycles. The third-order valence-corrected chi connectivity index (χ3v) is 6.61. The summed E-state index contributed by atoms with van der Waals surface area (Å²) in [6.07, 6.45) is 8.29. The zero-order valence-electron chi connectivity index (χ0n) is 16.4. The molecule has 0 unspecified atom stereocenters. The molecule has 0 amide bonds. The topological polar surface area (TPSA) is 73.5 Å². The van der Waals surface area contributed by atoms with Crippen LogP contribution in [-0.4, -0.2) is 29.0 Å². The second kappa shape index (κ2) is 9.57. The summed E-state index contributed by atoms with van der Waals surface area (Å²) >= 11 is 0. The molecule has 1 saturated carbocycles. The molecule has 1 fully saturated rings. The fourth-order valence-corrected chi connectivity index (χ4v) is 5.21. The zero-order chi connectivity index (χ0) is 19.2. The zero-order valence-corrected chi connectivity index (χ0v) is 16.4.